The molecule has 6 heteroatoms. The summed E-state index contributed by atoms with van der Waals surface area (Å²) in [6.07, 6.45) is 4.62. The van der Waals surface area contributed by atoms with E-state index >= 15 is 0 Å². The van der Waals surface area contributed by atoms with Gasteiger partial charge in [-0.05, 0) is 37.0 Å². The Kier molecular flexibility index (Phi) is 4.20. The van der Waals surface area contributed by atoms with Gasteiger partial charge in [0.25, 0.3) is 5.91 Å². The lowest BCUT2D eigenvalue weighted by Gasteiger charge is -2.34. The number of nitrogens with two attached hydrogens (primary N) is 1. The summed E-state index contributed by atoms with van der Waals surface area (Å²) in [6.45, 7) is 1.17. The van der Waals surface area contributed by atoms with E-state index in [9.17, 15) is 9.18 Å². The van der Waals surface area contributed by atoms with Crippen LogP contribution in [0.2, 0.25) is 0 Å². The SMILES string of the molecule is NC[C@@H]1CCCCN1C(=O)c1[nH]ncc1-c1ccc(F)cc1. The number of carbonyl (C=O) groups excluding carboxylic acids is 1. The number of benzene rings is 1. The van der Waals surface area contributed by atoms with Crippen molar-refractivity contribution >= 4 is 5.91 Å². The number of rotatable bonds is 3. The van der Waals surface area contributed by atoms with E-state index in [0.717, 1.165) is 24.8 Å². The molecule has 1 saturated heterocycles. The molecule has 0 bridgehead atoms. The molecular formula is C16H19FN4O. The second-order valence-electron chi connectivity index (χ2n) is 5.55. The minimum atomic E-state index is -0.306. The molecule has 22 heavy (non-hydrogen) atoms. The minimum Gasteiger partial charge on any atom is -0.333 e. The predicted octanol–water partition coefficient (Wildman–Crippen LogP) is 2.17. The number of carbonyl (C=O) groups is 1. The number of piperidine rings is 1. The lowest BCUT2D eigenvalue weighted by molar-refractivity contribution is 0.0618. The van der Waals surface area contributed by atoms with Gasteiger partial charge < -0.3 is 10.6 Å². The van der Waals surface area contributed by atoms with Crippen LogP contribution >= 0.6 is 0 Å². The first-order valence-corrected chi connectivity index (χ1v) is 7.51. The fourth-order valence-electron chi connectivity index (χ4n) is 2.95. The number of nitrogens with zero attached hydrogens (tertiary/aromatic N) is 2. The topological polar surface area (TPSA) is 75.0 Å². The molecule has 116 valence electrons. The van der Waals surface area contributed by atoms with Gasteiger partial charge in [0.15, 0.2) is 0 Å². The lowest BCUT2D eigenvalue weighted by atomic mass is 10.00. The summed E-state index contributed by atoms with van der Waals surface area (Å²) in [5.74, 6) is -0.397. The number of nitrogens with one attached hydrogen (secondary N) is 1. The molecule has 2 heterocycles. The van der Waals surface area contributed by atoms with Gasteiger partial charge in [0.2, 0.25) is 0 Å². The summed E-state index contributed by atoms with van der Waals surface area (Å²) in [5.41, 5.74) is 7.68. The molecule has 0 aliphatic carbocycles. The summed E-state index contributed by atoms with van der Waals surface area (Å²) in [5, 5.41) is 6.78. The number of halogens is 1. The number of aromatic amines is 1. The highest BCUT2D eigenvalue weighted by atomic mass is 19.1. The molecule has 2 aromatic rings. The normalized spacial score (nSPS) is 18.5. The Morgan fingerprint density at radius 2 is 2.14 bits per heavy atom. The fraction of sp³-hybridized carbons (Fsp3) is 0.375. The van der Waals surface area contributed by atoms with E-state index in [2.05, 4.69) is 10.2 Å². The van der Waals surface area contributed by atoms with Crippen molar-refractivity contribution in [2.45, 2.75) is 25.3 Å². The number of likely N-dealkylation sites (tertiary alicyclic amines) is 1. The van der Waals surface area contributed by atoms with Crippen molar-refractivity contribution in [3.63, 3.8) is 0 Å². The van der Waals surface area contributed by atoms with Crippen LogP contribution in [0.5, 0.6) is 0 Å². The van der Waals surface area contributed by atoms with Crippen LogP contribution in [-0.2, 0) is 0 Å². The molecule has 5 nitrogen and oxygen atoms in total. The number of hydrogen-bond donors (Lipinski definition) is 2. The summed E-state index contributed by atoms with van der Waals surface area (Å²) in [4.78, 5) is 14.6. The highest BCUT2D eigenvalue weighted by molar-refractivity contribution is 5.99. The molecule has 1 aromatic carbocycles. The van der Waals surface area contributed by atoms with E-state index in [4.69, 9.17) is 5.73 Å². The number of aromatic nitrogens is 2. The maximum Gasteiger partial charge on any atom is 0.272 e. The molecule has 1 aromatic heterocycles. The van der Waals surface area contributed by atoms with Crippen LogP contribution in [-0.4, -0.2) is 40.1 Å². The summed E-state index contributed by atoms with van der Waals surface area (Å²) in [7, 11) is 0. The maximum atomic E-state index is 13.1. The smallest absolute Gasteiger partial charge is 0.272 e. The van der Waals surface area contributed by atoms with Crippen molar-refractivity contribution < 1.29 is 9.18 Å². The monoisotopic (exact) mass is 302 g/mol. The second-order valence-corrected chi connectivity index (χ2v) is 5.55. The summed E-state index contributed by atoms with van der Waals surface area (Å²) in [6, 6.07) is 6.12. The van der Waals surface area contributed by atoms with E-state index in [1.165, 1.54) is 12.1 Å². The average molecular weight is 302 g/mol. The third-order valence-corrected chi connectivity index (χ3v) is 4.17. The Labute approximate surface area is 128 Å². The molecule has 0 saturated carbocycles. The van der Waals surface area contributed by atoms with Gasteiger partial charge in [0, 0.05) is 24.7 Å². The highest BCUT2D eigenvalue weighted by Crippen LogP contribution is 2.25. The molecule has 1 aliphatic rings. The van der Waals surface area contributed by atoms with Crippen molar-refractivity contribution in [2.24, 2.45) is 5.73 Å². The van der Waals surface area contributed by atoms with Crippen LogP contribution < -0.4 is 5.73 Å². The van der Waals surface area contributed by atoms with Crippen LogP contribution in [0.25, 0.3) is 11.1 Å². The minimum absolute atomic E-state index is 0.0746. The molecule has 1 atom stereocenters. The Morgan fingerprint density at radius 1 is 1.36 bits per heavy atom. The first kappa shape index (κ1) is 14.7. The molecule has 1 fully saturated rings. The van der Waals surface area contributed by atoms with Gasteiger partial charge in [-0.1, -0.05) is 12.1 Å². The zero-order valence-electron chi connectivity index (χ0n) is 12.3. The lowest BCUT2D eigenvalue weighted by Crippen LogP contribution is -2.47. The van der Waals surface area contributed by atoms with Crippen LogP contribution in [0.15, 0.2) is 30.5 Å². The van der Waals surface area contributed by atoms with E-state index in [0.29, 0.717) is 24.3 Å². The third kappa shape index (κ3) is 2.74. The van der Waals surface area contributed by atoms with Crippen LogP contribution in [0.4, 0.5) is 4.39 Å². The quantitative estimate of drug-likeness (QED) is 0.912. The van der Waals surface area contributed by atoms with Gasteiger partial charge in [0.1, 0.15) is 11.5 Å². The van der Waals surface area contributed by atoms with Crippen LogP contribution in [0.1, 0.15) is 29.8 Å². The molecule has 1 aliphatic heterocycles. The van der Waals surface area contributed by atoms with Gasteiger partial charge in [-0.15, -0.1) is 0 Å². The molecule has 0 radical (unpaired) electrons. The maximum absolute atomic E-state index is 13.1. The van der Waals surface area contributed by atoms with Crippen molar-refractivity contribution in [3.05, 3.63) is 42.0 Å². The Hall–Kier alpha value is -2.21. The van der Waals surface area contributed by atoms with Crippen molar-refractivity contribution in [1.29, 1.82) is 0 Å². The van der Waals surface area contributed by atoms with Gasteiger partial charge in [-0.2, -0.15) is 5.10 Å². The van der Waals surface area contributed by atoms with E-state index in [-0.39, 0.29) is 17.8 Å². The van der Waals surface area contributed by atoms with Crippen LogP contribution in [0.3, 0.4) is 0 Å². The molecule has 3 rings (SSSR count). The number of amides is 1. The zero-order chi connectivity index (χ0) is 15.5. The largest absolute Gasteiger partial charge is 0.333 e. The van der Waals surface area contributed by atoms with E-state index in [1.807, 2.05) is 4.90 Å². The average Bonchev–Trinajstić information content (AvgIpc) is 3.04. The van der Waals surface area contributed by atoms with Gasteiger partial charge in [-0.3, -0.25) is 9.89 Å². The molecular weight excluding hydrogens is 283 g/mol. The second kappa shape index (κ2) is 6.27. The van der Waals surface area contributed by atoms with Gasteiger partial charge >= 0.3 is 0 Å². The summed E-state index contributed by atoms with van der Waals surface area (Å²) >= 11 is 0. The van der Waals surface area contributed by atoms with Crippen molar-refractivity contribution in [1.82, 2.24) is 15.1 Å². The molecule has 3 N–H and O–H groups in total. The van der Waals surface area contributed by atoms with Gasteiger partial charge in [-0.25, -0.2) is 4.39 Å². The standard InChI is InChI=1S/C16H19FN4O/c17-12-6-4-11(5-7-12)14-10-19-20-15(14)16(22)21-8-2-1-3-13(21)9-18/h4-7,10,13H,1-3,8-9,18H2,(H,19,20)/t13-/m0/s1. The zero-order valence-corrected chi connectivity index (χ0v) is 12.3. The van der Waals surface area contributed by atoms with Crippen LogP contribution in [0, 0.1) is 5.82 Å². The Balaban J connectivity index is 1.90. The van der Waals surface area contributed by atoms with E-state index in [1.54, 1.807) is 18.3 Å². The summed E-state index contributed by atoms with van der Waals surface area (Å²) < 4.78 is 13.1. The van der Waals surface area contributed by atoms with Gasteiger partial charge in [0.05, 0.1) is 6.20 Å². The predicted molar refractivity (Wildman–Crippen MR) is 81.7 cm³/mol. The van der Waals surface area contributed by atoms with E-state index < -0.39 is 0 Å². The molecule has 1 amide bonds. The third-order valence-electron chi connectivity index (χ3n) is 4.17. The molecule has 0 spiro atoms. The first-order chi connectivity index (χ1) is 10.7. The van der Waals surface area contributed by atoms with Crippen molar-refractivity contribution in [3.8, 4) is 11.1 Å². The molecule has 0 unspecified atom stereocenters. The Bertz CT molecular complexity index is 652. The first-order valence-electron chi connectivity index (χ1n) is 7.51. The van der Waals surface area contributed by atoms with Crippen molar-refractivity contribution in [2.75, 3.05) is 13.1 Å². The Morgan fingerprint density at radius 3 is 2.86 bits per heavy atom. The fourth-order valence-corrected chi connectivity index (χ4v) is 2.95. The highest BCUT2D eigenvalue weighted by Gasteiger charge is 2.29. The number of H-pyrrole nitrogens is 1. The number of hydrogen-bond acceptors (Lipinski definition) is 3.